The molecule has 0 aliphatic rings. The van der Waals surface area contributed by atoms with Crippen LogP contribution in [0.4, 0.5) is 32.4 Å². The summed E-state index contributed by atoms with van der Waals surface area (Å²) in [4.78, 5) is 26.3. The summed E-state index contributed by atoms with van der Waals surface area (Å²) in [5.74, 6) is -2.19. The number of halogens is 5. The maximum absolute atomic E-state index is 15.0. The van der Waals surface area contributed by atoms with Gasteiger partial charge in [-0.1, -0.05) is 31.8 Å². The number of benzene rings is 2. The molecule has 2 aromatic carbocycles. The van der Waals surface area contributed by atoms with Gasteiger partial charge in [-0.15, -0.1) is 0 Å². The van der Waals surface area contributed by atoms with Crippen molar-refractivity contribution in [1.82, 2.24) is 4.90 Å². The number of amides is 2. The Morgan fingerprint density at radius 2 is 1.65 bits per heavy atom. The zero-order valence-corrected chi connectivity index (χ0v) is 25.3. The van der Waals surface area contributed by atoms with Crippen molar-refractivity contribution < 1.29 is 55.8 Å². The maximum atomic E-state index is 15.0. The highest BCUT2D eigenvalue weighted by molar-refractivity contribution is 6.76. The molecule has 0 aliphatic carbocycles. The van der Waals surface area contributed by atoms with E-state index >= 15 is 0 Å². The van der Waals surface area contributed by atoms with Crippen molar-refractivity contribution in [3.8, 4) is 11.5 Å². The van der Waals surface area contributed by atoms with Crippen molar-refractivity contribution in [2.24, 2.45) is 0 Å². The first kappa shape index (κ1) is 35.8. The van der Waals surface area contributed by atoms with E-state index in [2.05, 4.69) is 25.0 Å². The largest absolute Gasteiger partial charge is 0.488 e. The Morgan fingerprint density at radius 1 is 1.00 bits per heavy atom. The minimum atomic E-state index is -2.89. The molecule has 2 amide bonds. The highest BCUT2D eigenvalue weighted by Crippen LogP contribution is 2.29. The maximum Gasteiger partial charge on any atom is 0.488 e. The lowest BCUT2D eigenvalue weighted by atomic mass is 9.79. The molecule has 0 saturated carbocycles. The van der Waals surface area contributed by atoms with Crippen molar-refractivity contribution in [3.05, 3.63) is 47.3 Å². The van der Waals surface area contributed by atoms with Crippen LogP contribution < -0.4 is 20.3 Å². The van der Waals surface area contributed by atoms with Crippen LogP contribution in [0.2, 0.25) is 25.7 Å². The molecule has 0 spiro atoms. The predicted molar refractivity (Wildman–Crippen MR) is 154 cm³/mol. The molecule has 0 radical (unpaired) electrons. The third kappa shape index (κ3) is 12.8. The number of carbonyl (C=O) groups is 2. The Morgan fingerprint density at radius 3 is 2.26 bits per heavy atom. The summed E-state index contributed by atoms with van der Waals surface area (Å²) in [6.45, 7) is 4.21. The van der Waals surface area contributed by atoms with E-state index in [1.807, 2.05) is 0 Å². The van der Waals surface area contributed by atoms with Crippen molar-refractivity contribution in [2.75, 3.05) is 32.2 Å². The number of hydrogen-bond donors (Lipinski definition) is 3. The van der Waals surface area contributed by atoms with E-state index in [0.29, 0.717) is 0 Å². The first-order valence-electron chi connectivity index (χ1n) is 13.4. The summed E-state index contributed by atoms with van der Waals surface area (Å²) in [7, 11) is -1.95. The van der Waals surface area contributed by atoms with Gasteiger partial charge in [0, 0.05) is 38.9 Å². The van der Waals surface area contributed by atoms with Gasteiger partial charge in [0.15, 0.2) is 11.6 Å². The summed E-state index contributed by atoms with van der Waals surface area (Å²) >= 11 is 0. The zero-order chi connectivity index (χ0) is 32.3. The van der Waals surface area contributed by atoms with Gasteiger partial charge in [-0.25, -0.2) is 26.7 Å². The average Bonchev–Trinajstić information content (AvgIpc) is 2.89. The number of alkyl halides is 4. The van der Waals surface area contributed by atoms with E-state index in [1.165, 1.54) is 31.3 Å². The summed E-state index contributed by atoms with van der Waals surface area (Å²) in [5.41, 5.74) is 0.233. The van der Waals surface area contributed by atoms with Gasteiger partial charge in [0.2, 0.25) is 5.91 Å². The Labute approximate surface area is 248 Å². The van der Waals surface area contributed by atoms with Crippen LogP contribution in [0.1, 0.15) is 17.5 Å². The fraction of sp³-hybridized carbons (Fsp3) is 0.481. The van der Waals surface area contributed by atoms with Gasteiger partial charge in [-0.3, -0.25) is 4.79 Å². The monoisotopic (exact) mass is 634 g/mol. The zero-order valence-electron chi connectivity index (χ0n) is 24.3. The fourth-order valence-electron chi connectivity index (χ4n) is 3.74. The minimum absolute atomic E-state index is 0.00656. The number of nitrogens with one attached hydrogen (secondary N) is 1. The normalized spacial score (nSPS) is 11.5. The Hall–Kier alpha value is -3.37. The van der Waals surface area contributed by atoms with Gasteiger partial charge >= 0.3 is 13.2 Å². The van der Waals surface area contributed by atoms with E-state index in [0.717, 1.165) is 17.0 Å². The van der Waals surface area contributed by atoms with Crippen LogP contribution in [0, 0.1) is 5.82 Å². The van der Waals surface area contributed by atoms with Crippen LogP contribution in [0.3, 0.4) is 0 Å². The second-order valence-electron chi connectivity index (χ2n) is 10.9. The molecule has 0 fully saturated rings. The molecule has 238 valence electrons. The molecule has 0 aliphatic heterocycles. The third-order valence-electron chi connectivity index (χ3n) is 5.92. The summed E-state index contributed by atoms with van der Waals surface area (Å²) in [6.07, 6.45) is -6.69. The van der Waals surface area contributed by atoms with Gasteiger partial charge in [0.25, 0.3) is 12.9 Å². The number of ether oxygens (including phenoxy) is 3. The van der Waals surface area contributed by atoms with Crippen LogP contribution in [-0.2, 0) is 22.5 Å². The molecule has 2 aromatic rings. The van der Waals surface area contributed by atoms with E-state index in [4.69, 9.17) is 14.2 Å². The molecule has 0 aromatic heterocycles. The number of rotatable bonds is 16. The molecule has 2 rings (SSSR count). The Bertz CT molecular complexity index is 1230. The number of aryl methyl sites for hydroxylation is 1. The molecule has 0 atom stereocenters. The molecule has 0 heterocycles. The molecule has 43 heavy (non-hydrogen) atoms. The smallest absolute Gasteiger partial charge is 0.487 e. The lowest BCUT2D eigenvalue weighted by molar-refractivity contribution is -0.116. The van der Waals surface area contributed by atoms with Crippen LogP contribution in [0.15, 0.2) is 30.3 Å². The van der Waals surface area contributed by atoms with E-state index < -0.39 is 64.8 Å². The lowest BCUT2D eigenvalue weighted by Crippen LogP contribution is -2.30. The second kappa shape index (κ2) is 16.5. The third-order valence-corrected chi connectivity index (χ3v) is 7.63. The summed E-state index contributed by atoms with van der Waals surface area (Å²) in [5, 5.41) is 21.4. The fourth-order valence-corrected chi connectivity index (χ4v) is 4.46. The Balaban J connectivity index is 2.19. The lowest BCUT2D eigenvalue weighted by Gasteiger charge is -2.22. The van der Waals surface area contributed by atoms with Crippen molar-refractivity contribution in [3.63, 3.8) is 0 Å². The standard InChI is InChI=1S/C27H36BF5N2O7Si/c1-35(27(37)40-9-10-43(2,3)4)14-18-12-20(13-21(29)26(18)42-16-24(32)33)34-25(36)8-5-17-11-19(28(38)39)6-7-22(17)41-15-23(30)31/h6-7,11-13,23-24,38-39H,5,8-10,14-16H2,1-4H3,(H,34,36). The van der Waals surface area contributed by atoms with Crippen molar-refractivity contribution in [1.29, 1.82) is 0 Å². The average molecular weight is 634 g/mol. The van der Waals surface area contributed by atoms with Crippen LogP contribution in [0.5, 0.6) is 11.5 Å². The van der Waals surface area contributed by atoms with Gasteiger partial charge in [-0.05, 0) is 35.6 Å². The van der Waals surface area contributed by atoms with Crippen LogP contribution in [-0.4, -0.2) is 81.9 Å². The molecule has 16 heteroatoms. The van der Waals surface area contributed by atoms with Gasteiger partial charge < -0.3 is 34.5 Å². The number of anilines is 1. The second-order valence-corrected chi connectivity index (χ2v) is 16.5. The van der Waals surface area contributed by atoms with E-state index in [-0.39, 0.29) is 54.0 Å². The van der Waals surface area contributed by atoms with Crippen LogP contribution in [0.25, 0.3) is 0 Å². The summed E-state index contributed by atoms with van der Waals surface area (Å²) < 4.78 is 81.2. The van der Waals surface area contributed by atoms with Gasteiger partial charge in [-0.2, -0.15) is 0 Å². The topological polar surface area (TPSA) is 118 Å². The number of hydrogen-bond acceptors (Lipinski definition) is 7. The highest BCUT2D eigenvalue weighted by Gasteiger charge is 2.21. The molecular weight excluding hydrogens is 598 g/mol. The van der Waals surface area contributed by atoms with Crippen molar-refractivity contribution >= 4 is 38.3 Å². The summed E-state index contributed by atoms with van der Waals surface area (Å²) in [6, 6.07) is 6.70. The molecule has 0 bridgehead atoms. The molecular formula is C27H36BF5N2O7Si. The number of carbonyl (C=O) groups excluding carboxylic acids is 2. The minimum Gasteiger partial charge on any atom is -0.487 e. The Kier molecular flexibility index (Phi) is 13.7. The first-order chi connectivity index (χ1) is 20.1. The first-order valence-corrected chi connectivity index (χ1v) is 17.1. The molecule has 9 nitrogen and oxygen atoms in total. The quantitative estimate of drug-likeness (QED) is 0.187. The predicted octanol–water partition coefficient (Wildman–Crippen LogP) is 4.27. The SMILES string of the molecule is CN(Cc1cc(NC(=O)CCc2cc(B(O)O)ccc2OCC(F)F)cc(F)c1OCC(F)F)C(=O)OCC[Si](C)(C)C. The van der Waals surface area contributed by atoms with Gasteiger partial charge in [0.1, 0.15) is 19.0 Å². The van der Waals surface area contributed by atoms with Crippen LogP contribution >= 0.6 is 0 Å². The van der Waals surface area contributed by atoms with Crippen molar-refractivity contribution in [2.45, 2.75) is 57.9 Å². The molecule has 0 unspecified atom stereocenters. The molecule has 3 N–H and O–H groups in total. The highest BCUT2D eigenvalue weighted by atomic mass is 28.3. The van der Waals surface area contributed by atoms with E-state index in [9.17, 15) is 41.6 Å². The molecule has 0 saturated heterocycles. The van der Waals surface area contributed by atoms with E-state index in [1.54, 1.807) is 0 Å². The van der Waals surface area contributed by atoms with Gasteiger partial charge in [0.05, 0.1) is 13.2 Å². The number of nitrogens with zero attached hydrogens (tertiary/aromatic N) is 1.